The van der Waals surface area contributed by atoms with Crippen molar-refractivity contribution in [3.63, 3.8) is 0 Å². The van der Waals surface area contributed by atoms with Gasteiger partial charge in [-0.15, -0.1) is 11.3 Å². The van der Waals surface area contributed by atoms with Crippen LogP contribution in [0.2, 0.25) is 4.34 Å². The van der Waals surface area contributed by atoms with Gasteiger partial charge >= 0.3 is 0 Å². The number of rotatable bonds is 3. The Balaban J connectivity index is 2.33. The van der Waals surface area contributed by atoms with Crippen LogP contribution in [0.1, 0.15) is 5.69 Å². The van der Waals surface area contributed by atoms with Gasteiger partial charge in [0.05, 0.1) is 25.3 Å². The molecule has 17 heavy (non-hydrogen) atoms. The van der Waals surface area contributed by atoms with Crippen molar-refractivity contribution in [2.75, 3.05) is 7.11 Å². The summed E-state index contributed by atoms with van der Waals surface area (Å²) in [5.41, 5.74) is 1.62. The quantitative estimate of drug-likeness (QED) is 0.852. The molecule has 0 saturated heterocycles. The summed E-state index contributed by atoms with van der Waals surface area (Å²) in [5, 5.41) is 9.45. The molecule has 3 nitrogen and oxygen atoms in total. The van der Waals surface area contributed by atoms with Crippen molar-refractivity contribution >= 4 is 22.9 Å². The zero-order chi connectivity index (χ0) is 12.3. The molecule has 0 aliphatic rings. The minimum absolute atomic E-state index is 0.242. The van der Waals surface area contributed by atoms with Crippen molar-refractivity contribution in [2.24, 2.45) is 0 Å². The average molecular weight is 265 g/mol. The third-order valence-corrected chi connectivity index (χ3v) is 3.62. The van der Waals surface area contributed by atoms with Crippen LogP contribution in [0.4, 0.5) is 0 Å². The van der Waals surface area contributed by atoms with Gasteiger partial charge in [0, 0.05) is 5.56 Å². The lowest BCUT2D eigenvalue weighted by Crippen LogP contribution is -1.84. The Hall–Kier alpha value is -1.57. The first-order valence-electron chi connectivity index (χ1n) is 4.91. The van der Waals surface area contributed by atoms with Gasteiger partial charge in [-0.3, -0.25) is 0 Å². The van der Waals surface area contributed by atoms with Crippen LogP contribution < -0.4 is 4.74 Å². The lowest BCUT2D eigenvalue weighted by Gasteiger charge is -1.99. The van der Waals surface area contributed by atoms with Crippen LogP contribution in [0.25, 0.3) is 10.6 Å². The zero-order valence-electron chi connectivity index (χ0n) is 9.11. The summed E-state index contributed by atoms with van der Waals surface area (Å²) in [6.07, 6.45) is 0.242. The van der Waals surface area contributed by atoms with E-state index in [4.69, 9.17) is 21.6 Å². The summed E-state index contributed by atoms with van der Waals surface area (Å²) in [5.74, 6) is 0.800. The molecule has 0 aliphatic heterocycles. The highest BCUT2D eigenvalue weighted by molar-refractivity contribution is 7.19. The van der Waals surface area contributed by atoms with Crippen LogP contribution in [0.5, 0.6) is 5.75 Å². The van der Waals surface area contributed by atoms with E-state index in [2.05, 4.69) is 4.98 Å². The lowest BCUT2D eigenvalue weighted by atomic mass is 10.2. The smallest absolute Gasteiger partial charge is 0.125 e. The summed E-state index contributed by atoms with van der Waals surface area (Å²) in [4.78, 5) is 4.35. The van der Waals surface area contributed by atoms with Crippen LogP contribution in [0.15, 0.2) is 24.3 Å². The summed E-state index contributed by atoms with van der Waals surface area (Å²) < 4.78 is 5.67. The second-order valence-corrected chi connectivity index (χ2v) is 4.90. The first kappa shape index (κ1) is 11.9. The second kappa shape index (κ2) is 5.17. The first-order valence-corrected chi connectivity index (χ1v) is 6.10. The van der Waals surface area contributed by atoms with Crippen molar-refractivity contribution in [2.45, 2.75) is 6.42 Å². The number of ether oxygens (including phenoxy) is 1. The number of halogens is 1. The largest absolute Gasteiger partial charge is 0.497 e. The molecule has 0 amide bonds. The number of nitriles is 1. The third kappa shape index (κ3) is 2.57. The molecule has 5 heteroatoms. The van der Waals surface area contributed by atoms with Crippen molar-refractivity contribution in [3.8, 4) is 22.4 Å². The molecule has 2 rings (SSSR count). The Labute approximate surface area is 108 Å². The van der Waals surface area contributed by atoms with Gasteiger partial charge in [0.15, 0.2) is 0 Å². The van der Waals surface area contributed by atoms with E-state index in [0.29, 0.717) is 10.0 Å². The lowest BCUT2D eigenvalue weighted by molar-refractivity contribution is 0.415. The highest BCUT2D eigenvalue weighted by Crippen LogP contribution is 2.32. The van der Waals surface area contributed by atoms with Crippen molar-refractivity contribution < 1.29 is 4.74 Å². The zero-order valence-corrected chi connectivity index (χ0v) is 10.7. The molecule has 0 atom stereocenters. The maximum Gasteiger partial charge on any atom is 0.125 e. The number of thiazole rings is 1. The molecule has 0 radical (unpaired) electrons. The number of hydrogen-bond donors (Lipinski definition) is 0. The molecule has 0 spiro atoms. The summed E-state index contributed by atoms with van der Waals surface area (Å²) in [6.45, 7) is 0. The van der Waals surface area contributed by atoms with Gasteiger partial charge in [0.25, 0.3) is 0 Å². The molecule has 0 bridgehead atoms. The van der Waals surface area contributed by atoms with E-state index in [1.54, 1.807) is 7.11 Å². The van der Waals surface area contributed by atoms with E-state index in [1.807, 2.05) is 30.3 Å². The fraction of sp³-hybridized carbons (Fsp3) is 0.167. The van der Waals surface area contributed by atoms with E-state index in [0.717, 1.165) is 16.3 Å². The normalized spacial score (nSPS) is 9.94. The molecule has 0 aliphatic carbocycles. The van der Waals surface area contributed by atoms with Crippen molar-refractivity contribution in [1.29, 1.82) is 5.26 Å². The van der Waals surface area contributed by atoms with Crippen LogP contribution in [-0.2, 0) is 6.42 Å². The van der Waals surface area contributed by atoms with E-state index in [-0.39, 0.29) is 6.42 Å². The molecule has 0 saturated carbocycles. The molecule has 1 aromatic heterocycles. The van der Waals surface area contributed by atoms with Gasteiger partial charge in [-0.05, 0) is 24.3 Å². The van der Waals surface area contributed by atoms with Crippen LogP contribution in [0.3, 0.4) is 0 Å². The van der Waals surface area contributed by atoms with Crippen LogP contribution >= 0.6 is 22.9 Å². The Morgan fingerprint density at radius 1 is 1.41 bits per heavy atom. The van der Waals surface area contributed by atoms with E-state index in [1.165, 1.54) is 11.3 Å². The summed E-state index contributed by atoms with van der Waals surface area (Å²) >= 11 is 7.40. The Bertz CT molecular complexity index is 557. The molecule has 1 aromatic carbocycles. The number of hydrogen-bond acceptors (Lipinski definition) is 4. The van der Waals surface area contributed by atoms with Crippen molar-refractivity contribution in [1.82, 2.24) is 4.98 Å². The maximum absolute atomic E-state index is 8.63. The van der Waals surface area contributed by atoms with Gasteiger partial charge in [-0.2, -0.15) is 5.26 Å². The topological polar surface area (TPSA) is 45.9 Å². The maximum atomic E-state index is 8.63. The van der Waals surface area contributed by atoms with Crippen LogP contribution in [-0.4, -0.2) is 12.1 Å². The summed E-state index contributed by atoms with van der Waals surface area (Å²) in [6, 6.07) is 9.63. The molecule has 0 unspecified atom stereocenters. The third-order valence-electron chi connectivity index (χ3n) is 2.23. The Morgan fingerprint density at radius 2 is 2.12 bits per heavy atom. The monoisotopic (exact) mass is 264 g/mol. The van der Waals surface area contributed by atoms with E-state index >= 15 is 0 Å². The fourth-order valence-corrected chi connectivity index (χ4v) is 2.52. The number of benzene rings is 1. The molecule has 0 N–H and O–H groups in total. The number of methoxy groups -OCH3 is 1. The Kier molecular flexibility index (Phi) is 3.62. The molecule has 2 aromatic rings. The van der Waals surface area contributed by atoms with E-state index in [9.17, 15) is 0 Å². The molecule has 0 fully saturated rings. The highest BCUT2D eigenvalue weighted by atomic mass is 35.5. The summed E-state index contributed by atoms with van der Waals surface area (Å²) in [7, 11) is 1.63. The minimum Gasteiger partial charge on any atom is -0.497 e. The van der Waals surface area contributed by atoms with Gasteiger partial charge in [0.2, 0.25) is 0 Å². The molecule has 86 valence electrons. The van der Waals surface area contributed by atoms with Gasteiger partial charge in [0.1, 0.15) is 15.1 Å². The highest BCUT2D eigenvalue weighted by Gasteiger charge is 2.10. The molecule has 1 heterocycles. The predicted octanol–water partition coefficient (Wildman–Crippen LogP) is 3.54. The van der Waals surface area contributed by atoms with Crippen LogP contribution in [0, 0.1) is 11.3 Å². The predicted molar refractivity (Wildman–Crippen MR) is 68.4 cm³/mol. The van der Waals surface area contributed by atoms with Crippen molar-refractivity contribution in [3.05, 3.63) is 34.3 Å². The van der Waals surface area contributed by atoms with Gasteiger partial charge in [-0.1, -0.05) is 11.6 Å². The number of nitrogens with zero attached hydrogens (tertiary/aromatic N) is 2. The van der Waals surface area contributed by atoms with Gasteiger partial charge < -0.3 is 4.74 Å². The van der Waals surface area contributed by atoms with E-state index < -0.39 is 0 Å². The first-order chi connectivity index (χ1) is 8.24. The fourth-order valence-electron chi connectivity index (χ4n) is 1.37. The van der Waals surface area contributed by atoms with Gasteiger partial charge in [-0.25, -0.2) is 4.98 Å². The standard InChI is InChI=1S/C12H9ClN2OS/c1-16-9-4-2-8(3-5-9)12-15-10(6-7-14)11(13)17-12/h2-5H,6H2,1H3. The minimum atomic E-state index is 0.242. The second-order valence-electron chi connectivity index (χ2n) is 3.30. The Morgan fingerprint density at radius 3 is 2.71 bits per heavy atom. The molecular weight excluding hydrogens is 256 g/mol. The molecular formula is C12H9ClN2OS. The average Bonchev–Trinajstić information content (AvgIpc) is 2.72. The number of aromatic nitrogens is 1. The SMILES string of the molecule is COc1ccc(-c2nc(CC#N)c(Cl)s2)cc1.